The van der Waals surface area contributed by atoms with E-state index in [4.69, 9.17) is 4.74 Å². The fourth-order valence-corrected chi connectivity index (χ4v) is 3.74. The van der Waals surface area contributed by atoms with Gasteiger partial charge >= 0.3 is 0 Å². The molecular formula is C24H27N5O3. The molecule has 0 radical (unpaired) electrons. The first-order valence-electron chi connectivity index (χ1n) is 10.7. The molecule has 0 aliphatic carbocycles. The van der Waals surface area contributed by atoms with Gasteiger partial charge in [-0.05, 0) is 47.9 Å². The number of nitrogens with one attached hydrogen (secondary N) is 2. The number of aromatic amines is 1. The van der Waals surface area contributed by atoms with Crippen LogP contribution in [-0.2, 0) is 16.1 Å². The maximum absolute atomic E-state index is 12.7. The molecule has 8 nitrogen and oxygen atoms in total. The first kappa shape index (κ1) is 21.5. The van der Waals surface area contributed by atoms with Gasteiger partial charge in [-0.1, -0.05) is 26.0 Å². The molecule has 1 aliphatic heterocycles. The molecule has 1 saturated heterocycles. The molecule has 2 aromatic carbocycles. The number of hydrogen-bond donors (Lipinski definition) is 2. The molecule has 32 heavy (non-hydrogen) atoms. The Bertz CT molecular complexity index is 1110. The number of nitrogens with zero attached hydrogens (tertiary/aromatic N) is 3. The molecule has 1 aliphatic rings. The summed E-state index contributed by atoms with van der Waals surface area (Å²) in [6.07, 6.45) is 0.200. The molecule has 3 aromatic rings. The number of rotatable bonds is 7. The average Bonchev–Trinajstić information content (AvgIpc) is 3.44. The third-order valence-corrected chi connectivity index (χ3v) is 5.65. The minimum Gasteiger partial charge on any atom is -0.497 e. The molecule has 166 valence electrons. The van der Waals surface area contributed by atoms with Crippen LogP contribution >= 0.6 is 0 Å². The summed E-state index contributed by atoms with van der Waals surface area (Å²) >= 11 is 0. The minimum absolute atomic E-state index is 0.0347. The molecule has 2 heterocycles. The van der Waals surface area contributed by atoms with Crippen molar-refractivity contribution in [1.29, 1.82) is 0 Å². The van der Waals surface area contributed by atoms with Crippen LogP contribution in [0, 0.1) is 5.92 Å². The van der Waals surface area contributed by atoms with Gasteiger partial charge in [0.25, 0.3) is 0 Å². The molecule has 0 spiro atoms. The van der Waals surface area contributed by atoms with Crippen molar-refractivity contribution < 1.29 is 14.3 Å². The molecule has 1 unspecified atom stereocenters. The van der Waals surface area contributed by atoms with Crippen LogP contribution in [0.25, 0.3) is 11.4 Å². The topological polar surface area (TPSA) is 100 Å². The van der Waals surface area contributed by atoms with Gasteiger partial charge in [0, 0.05) is 24.2 Å². The molecule has 1 atom stereocenters. The Morgan fingerprint density at radius 2 is 2.03 bits per heavy atom. The normalized spacial score (nSPS) is 15.9. The molecule has 1 fully saturated rings. The zero-order valence-electron chi connectivity index (χ0n) is 18.5. The predicted octanol–water partition coefficient (Wildman–Crippen LogP) is 3.27. The van der Waals surface area contributed by atoms with Crippen LogP contribution in [0.3, 0.4) is 0 Å². The zero-order chi connectivity index (χ0) is 22.7. The second kappa shape index (κ2) is 9.21. The number of carbonyl (C=O) groups excluding carboxylic acids is 2. The van der Waals surface area contributed by atoms with E-state index in [-0.39, 0.29) is 24.8 Å². The van der Waals surface area contributed by atoms with E-state index in [1.807, 2.05) is 42.5 Å². The fraction of sp³-hybridized carbons (Fsp3) is 0.333. The van der Waals surface area contributed by atoms with Crippen molar-refractivity contribution in [3.05, 3.63) is 59.9 Å². The highest BCUT2D eigenvalue weighted by atomic mass is 16.5. The number of amides is 2. The standard InChI is InChI=1S/C24H27N5O3/c1-15(2)17-5-4-6-19(11-17)29-14-18(12-22(29)30)24(31)25-13-21-26-23(28-27-21)16-7-9-20(32-3)10-8-16/h4-11,15,18H,12-14H2,1-3H3,(H,25,31)(H,26,27,28). The van der Waals surface area contributed by atoms with Crippen LogP contribution < -0.4 is 15.0 Å². The second-order valence-corrected chi connectivity index (χ2v) is 8.21. The molecule has 4 rings (SSSR count). The quantitative estimate of drug-likeness (QED) is 0.596. The first-order chi connectivity index (χ1) is 15.4. The lowest BCUT2D eigenvalue weighted by molar-refractivity contribution is -0.126. The van der Waals surface area contributed by atoms with Crippen molar-refractivity contribution in [2.45, 2.75) is 32.7 Å². The fourth-order valence-electron chi connectivity index (χ4n) is 3.74. The van der Waals surface area contributed by atoms with Crippen LogP contribution in [-0.4, -0.2) is 40.7 Å². The van der Waals surface area contributed by atoms with E-state index in [1.54, 1.807) is 12.0 Å². The van der Waals surface area contributed by atoms with Crippen molar-refractivity contribution in [3.8, 4) is 17.1 Å². The molecule has 8 heteroatoms. The van der Waals surface area contributed by atoms with Crippen LogP contribution in [0.5, 0.6) is 5.75 Å². The lowest BCUT2D eigenvalue weighted by atomic mass is 10.0. The van der Waals surface area contributed by atoms with Gasteiger partial charge < -0.3 is 15.0 Å². The van der Waals surface area contributed by atoms with E-state index in [9.17, 15) is 9.59 Å². The third kappa shape index (κ3) is 4.64. The second-order valence-electron chi connectivity index (χ2n) is 8.21. The first-order valence-corrected chi connectivity index (χ1v) is 10.7. The van der Waals surface area contributed by atoms with Gasteiger partial charge in [0.2, 0.25) is 11.8 Å². The van der Waals surface area contributed by atoms with Gasteiger partial charge in [-0.15, -0.1) is 0 Å². The van der Waals surface area contributed by atoms with Crippen molar-refractivity contribution in [3.63, 3.8) is 0 Å². The van der Waals surface area contributed by atoms with Gasteiger partial charge in [0.15, 0.2) is 5.82 Å². The Kier molecular flexibility index (Phi) is 6.20. The SMILES string of the molecule is COc1ccc(-c2n[nH]c(CNC(=O)C3CC(=O)N(c4cccc(C(C)C)c4)C3)n2)cc1. The van der Waals surface area contributed by atoms with E-state index in [2.05, 4.69) is 40.4 Å². The maximum Gasteiger partial charge on any atom is 0.227 e. The maximum atomic E-state index is 12.7. The Labute approximate surface area is 187 Å². The Hall–Kier alpha value is -3.68. The largest absolute Gasteiger partial charge is 0.497 e. The number of ether oxygens (including phenoxy) is 1. The number of anilines is 1. The molecular weight excluding hydrogens is 406 g/mol. The van der Waals surface area contributed by atoms with E-state index >= 15 is 0 Å². The number of benzene rings is 2. The predicted molar refractivity (Wildman–Crippen MR) is 121 cm³/mol. The molecule has 2 amide bonds. The van der Waals surface area contributed by atoms with E-state index in [1.165, 1.54) is 5.56 Å². The summed E-state index contributed by atoms with van der Waals surface area (Å²) in [6.45, 7) is 4.82. The number of H-pyrrole nitrogens is 1. The van der Waals surface area contributed by atoms with Crippen molar-refractivity contribution in [2.24, 2.45) is 5.92 Å². The van der Waals surface area contributed by atoms with Crippen LogP contribution in [0.2, 0.25) is 0 Å². The summed E-state index contributed by atoms with van der Waals surface area (Å²) in [7, 11) is 1.61. The highest BCUT2D eigenvalue weighted by molar-refractivity contribution is 6.00. The summed E-state index contributed by atoms with van der Waals surface area (Å²) in [4.78, 5) is 31.4. The van der Waals surface area contributed by atoms with Crippen LogP contribution in [0.1, 0.15) is 37.6 Å². The number of methoxy groups -OCH3 is 1. The van der Waals surface area contributed by atoms with E-state index < -0.39 is 5.92 Å². The highest BCUT2D eigenvalue weighted by Crippen LogP contribution is 2.28. The lowest BCUT2D eigenvalue weighted by Gasteiger charge is -2.18. The molecule has 1 aromatic heterocycles. The van der Waals surface area contributed by atoms with Gasteiger partial charge in [0.05, 0.1) is 19.6 Å². The summed E-state index contributed by atoms with van der Waals surface area (Å²) in [5.74, 6) is 1.63. The average molecular weight is 434 g/mol. The van der Waals surface area contributed by atoms with Gasteiger partial charge in [-0.3, -0.25) is 14.7 Å². The van der Waals surface area contributed by atoms with Gasteiger partial charge in [-0.25, -0.2) is 4.98 Å². The third-order valence-electron chi connectivity index (χ3n) is 5.65. The molecule has 2 N–H and O–H groups in total. The lowest BCUT2D eigenvalue weighted by Crippen LogP contribution is -2.32. The van der Waals surface area contributed by atoms with Crippen molar-refractivity contribution >= 4 is 17.5 Å². The van der Waals surface area contributed by atoms with Gasteiger partial charge in [-0.2, -0.15) is 5.10 Å². The van der Waals surface area contributed by atoms with Crippen LogP contribution in [0.4, 0.5) is 5.69 Å². The number of hydrogen-bond acceptors (Lipinski definition) is 5. The summed E-state index contributed by atoms with van der Waals surface area (Å²) < 4.78 is 5.16. The van der Waals surface area contributed by atoms with E-state index in [0.717, 1.165) is 17.0 Å². The Balaban J connectivity index is 1.35. The highest BCUT2D eigenvalue weighted by Gasteiger charge is 2.35. The summed E-state index contributed by atoms with van der Waals surface area (Å²) in [5, 5.41) is 9.94. The Morgan fingerprint density at radius 1 is 1.25 bits per heavy atom. The van der Waals surface area contributed by atoms with Gasteiger partial charge in [0.1, 0.15) is 11.6 Å². The molecule has 0 saturated carbocycles. The van der Waals surface area contributed by atoms with Crippen molar-refractivity contribution in [2.75, 3.05) is 18.6 Å². The summed E-state index contributed by atoms with van der Waals surface area (Å²) in [6, 6.07) is 15.4. The summed E-state index contributed by atoms with van der Waals surface area (Å²) in [5.41, 5.74) is 2.86. The zero-order valence-corrected chi connectivity index (χ0v) is 18.5. The Morgan fingerprint density at radius 3 is 2.75 bits per heavy atom. The monoisotopic (exact) mass is 433 g/mol. The molecule has 0 bridgehead atoms. The van der Waals surface area contributed by atoms with Crippen LogP contribution in [0.15, 0.2) is 48.5 Å². The number of aromatic nitrogens is 3. The van der Waals surface area contributed by atoms with E-state index in [0.29, 0.717) is 24.1 Å². The minimum atomic E-state index is -0.394. The van der Waals surface area contributed by atoms with Crippen molar-refractivity contribution in [1.82, 2.24) is 20.5 Å². The smallest absolute Gasteiger partial charge is 0.227 e. The number of carbonyl (C=O) groups is 2.